The van der Waals surface area contributed by atoms with Crippen molar-refractivity contribution in [2.45, 2.75) is 26.3 Å². The van der Waals surface area contributed by atoms with Gasteiger partial charge in [0.05, 0.1) is 6.54 Å². The Bertz CT molecular complexity index is 163. The van der Waals surface area contributed by atoms with Gasteiger partial charge in [-0.15, -0.1) is 0 Å². The summed E-state index contributed by atoms with van der Waals surface area (Å²) in [5.74, 6) is -0.0951. The van der Waals surface area contributed by atoms with E-state index < -0.39 is 0 Å². The van der Waals surface area contributed by atoms with E-state index in [9.17, 15) is 4.79 Å². The van der Waals surface area contributed by atoms with Crippen LogP contribution in [0.1, 0.15) is 20.8 Å². The van der Waals surface area contributed by atoms with E-state index in [1.807, 2.05) is 7.05 Å². The molecule has 0 saturated carbocycles. The lowest BCUT2D eigenvalue weighted by atomic mass is 10.1. The van der Waals surface area contributed by atoms with Gasteiger partial charge in [0.2, 0.25) is 5.91 Å². The Hall–Kier alpha value is -0.610. The summed E-state index contributed by atoms with van der Waals surface area (Å²) in [6.45, 7) is 7.98. The minimum absolute atomic E-state index is 0.0687. The van der Waals surface area contributed by atoms with Crippen LogP contribution in [0.25, 0.3) is 0 Å². The maximum Gasteiger partial charge on any atom is 0.233 e. The maximum absolute atomic E-state index is 10.8. The number of rotatable bonds is 4. The molecule has 13 heavy (non-hydrogen) atoms. The zero-order valence-corrected chi connectivity index (χ0v) is 9.05. The van der Waals surface area contributed by atoms with E-state index in [0.717, 1.165) is 6.54 Å². The largest absolute Gasteiger partial charge is 0.354 e. The van der Waals surface area contributed by atoms with E-state index in [2.05, 4.69) is 31.0 Å². The van der Waals surface area contributed by atoms with Crippen LogP contribution in [0, 0.1) is 0 Å². The van der Waals surface area contributed by atoms with Gasteiger partial charge in [0.25, 0.3) is 0 Å². The minimum atomic E-state index is -0.0951. The van der Waals surface area contributed by atoms with Crippen LogP contribution in [-0.2, 0) is 4.79 Å². The molecule has 0 spiro atoms. The molecule has 0 aromatic heterocycles. The normalized spacial score (nSPS) is 11.8. The molecule has 0 fully saturated rings. The molecule has 0 bridgehead atoms. The second kappa shape index (κ2) is 5.19. The van der Waals surface area contributed by atoms with Crippen molar-refractivity contribution in [3.63, 3.8) is 0 Å². The van der Waals surface area contributed by atoms with Crippen LogP contribution in [-0.4, -0.2) is 43.0 Å². The highest BCUT2D eigenvalue weighted by atomic mass is 16.1. The van der Waals surface area contributed by atoms with Crippen molar-refractivity contribution < 1.29 is 4.79 Å². The van der Waals surface area contributed by atoms with Gasteiger partial charge in [0, 0.05) is 18.6 Å². The third-order valence-corrected chi connectivity index (χ3v) is 2.10. The first-order valence-electron chi connectivity index (χ1n) is 4.56. The summed E-state index contributed by atoms with van der Waals surface area (Å²) in [5.41, 5.74) is 5.30. The summed E-state index contributed by atoms with van der Waals surface area (Å²) in [5, 5.41) is 2.73. The molecule has 0 aliphatic rings. The Morgan fingerprint density at radius 2 is 2.00 bits per heavy atom. The van der Waals surface area contributed by atoms with Gasteiger partial charge in [-0.05, 0) is 27.8 Å². The molecule has 0 atom stereocenters. The second-order valence-corrected chi connectivity index (χ2v) is 4.15. The number of nitrogens with one attached hydrogen (secondary N) is 1. The van der Waals surface area contributed by atoms with E-state index >= 15 is 0 Å². The van der Waals surface area contributed by atoms with Crippen LogP contribution >= 0.6 is 0 Å². The average Bonchev–Trinajstić information content (AvgIpc) is 2.02. The van der Waals surface area contributed by atoms with Crippen LogP contribution < -0.4 is 11.1 Å². The molecule has 0 aliphatic heterocycles. The zero-order chi connectivity index (χ0) is 10.5. The van der Waals surface area contributed by atoms with Crippen molar-refractivity contribution >= 4 is 5.91 Å². The van der Waals surface area contributed by atoms with E-state index in [1.54, 1.807) is 0 Å². The fraction of sp³-hybridized carbons (Fsp3) is 0.889. The number of carbonyl (C=O) groups excluding carboxylic acids is 1. The highest BCUT2D eigenvalue weighted by Crippen LogP contribution is 2.08. The molecule has 1 amide bonds. The van der Waals surface area contributed by atoms with Crippen LogP contribution in [0.5, 0.6) is 0 Å². The summed E-state index contributed by atoms with van der Waals surface area (Å²) in [4.78, 5) is 13.0. The summed E-state index contributed by atoms with van der Waals surface area (Å²) < 4.78 is 0. The first-order chi connectivity index (χ1) is 5.88. The molecule has 0 unspecified atom stereocenters. The standard InChI is InChI=1S/C9H21N3O/c1-9(2,3)12(4)6-5-11-8(13)7-10/h5-7,10H2,1-4H3,(H,11,13). The number of amides is 1. The predicted octanol–water partition coefficient (Wildman–Crippen LogP) is -0.208. The zero-order valence-electron chi connectivity index (χ0n) is 9.05. The molecule has 0 radical (unpaired) electrons. The van der Waals surface area contributed by atoms with E-state index in [0.29, 0.717) is 6.54 Å². The van der Waals surface area contributed by atoms with Gasteiger partial charge in [-0.3, -0.25) is 9.69 Å². The SMILES string of the molecule is CN(CCNC(=O)CN)C(C)(C)C. The monoisotopic (exact) mass is 187 g/mol. The van der Waals surface area contributed by atoms with Crippen LogP contribution in [0.3, 0.4) is 0 Å². The second-order valence-electron chi connectivity index (χ2n) is 4.15. The van der Waals surface area contributed by atoms with E-state index in [4.69, 9.17) is 5.73 Å². The van der Waals surface area contributed by atoms with Crippen LogP contribution in [0.15, 0.2) is 0 Å². The molecule has 4 nitrogen and oxygen atoms in total. The molecule has 78 valence electrons. The van der Waals surface area contributed by atoms with Crippen molar-refractivity contribution in [1.82, 2.24) is 10.2 Å². The number of nitrogens with zero attached hydrogens (tertiary/aromatic N) is 1. The lowest BCUT2D eigenvalue weighted by molar-refractivity contribution is -0.119. The Balaban J connectivity index is 3.60. The van der Waals surface area contributed by atoms with E-state index in [-0.39, 0.29) is 18.0 Å². The quantitative estimate of drug-likeness (QED) is 0.640. The van der Waals surface area contributed by atoms with Gasteiger partial charge >= 0.3 is 0 Å². The first kappa shape index (κ1) is 12.4. The molecular weight excluding hydrogens is 166 g/mol. The number of nitrogens with two attached hydrogens (primary N) is 1. The van der Waals surface area contributed by atoms with Crippen molar-refractivity contribution in [3.05, 3.63) is 0 Å². The minimum Gasteiger partial charge on any atom is -0.354 e. The summed E-state index contributed by atoms with van der Waals surface area (Å²) in [6, 6.07) is 0. The van der Waals surface area contributed by atoms with Gasteiger partial charge in [-0.1, -0.05) is 0 Å². The Kier molecular flexibility index (Phi) is 4.95. The number of hydrogen-bond acceptors (Lipinski definition) is 3. The van der Waals surface area contributed by atoms with Crippen molar-refractivity contribution in [2.75, 3.05) is 26.7 Å². The molecule has 0 rings (SSSR count). The fourth-order valence-corrected chi connectivity index (χ4v) is 0.771. The lowest BCUT2D eigenvalue weighted by Gasteiger charge is -2.31. The smallest absolute Gasteiger partial charge is 0.233 e. The summed E-state index contributed by atoms with van der Waals surface area (Å²) >= 11 is 0. The number of likely N-dealkylation sites (N-methyl/N-ethyl adjacent to an activating group) is 1. The molecule has 0 aromatic carbocycles. The Labute approximate surface area is 80.5 Å². The summed E-state index contributed by atoms with van der Waals surface area (Å²) in [6.07, 6.45) is 0. The highest BCUT2D eigenvalue weighted by molar-refractivity contribution is 5.77. The van der Waals surface area contributed by atoms with Gasteiger partial charge in [0.1, 0.15) is 0 Å². The lowest BCUT2D eigenvalue weighted by Crippen LogP contribution is -2.43. The molecule has 0 saturated heterocycles. The number of hydrogen-bond donors (Lipinski definition) is 2. The molecule has 4 heteroatoms. The first-order valence-corrected chi connectivity index (χ1v) is 4.56. The van der Waals surface area contributed by atoms with Gasteiger partial charge in [0.15, 0.2) is 0 Å². The van der Waals surface area contributed by atoms with Crippen molar-refractivity contribution in [1.29, 1.82) is 0 Å². The molecule has 0 aliphatic carbocycles. The van der Waals surface area contributed by atoms with Gasteiger partial charge in [-0.2, -0.15) is 0 Å². The Morgan fingerprint density at radius 1 is 1.46 bits per heavy atom. The van der Waals surface area contributed by atoms with E-state index in [1.165, 1.54) is 0 Å². The van der Waals surface area contributed by atoms with Crippen molar-refractivity contribution in [2.24, 2.45) is 5.73 Å². The van der Waals surface area contributed by atoms with Gasteiger partial charge < -0.3 is 11.1 Å². The summed E-state index contributed by atoms with van der Waals surface area (Å²) in [7, 11) is 2.04. The average molecular weight is 187 g/mol. The third-order valence-electron chi connectivity index (χ3n) is 2.10. The molecule has 0 heterocycles. The van der Waals surface area contributed by atoms with Crippen LogP contribution in [0.4, 0.5) is 0 Å². The van der Waals surface area contributed by atoms with Gasteiger partial charge in [-0.25, -0.2) is 0 Å². The molecule has 3 N–H and O–H groups in total. The highest BCUT2D eigenvalue weighted by Gasteiger charge is 2.15. The maximum atomic E-state index is 10.8. The van der Waals surface area contributed by atoms with Crippen molar-refractivity contribution in [3.8, 4) is 0 Å². The molecule has 0 aromatic rings. The Morgan fingerprint density at radius 3 is 2.38 bits per heavy atom. The van der Waals surface area contributed by atoms with Crippen LogP contribution in [0.2, 0.25) is 0 Å². The predicted molar refractivity (Wildman–Crippen MR) is 54.4 cm³/mol. The topological polar surface area (TPSA) is 58.4 Å². The fourth-order valence-electron chi connectivity index (χ4n) is 0.771. The molecular formula is C9H21N3O. The number of carbonyl (C=O) groups is 1. The third kappa shape index (κ3) is 5.60.